The first-order valence-corrected chi connectivity index (χ1v) is 26.9. The third kappa shape index (κ3) is 14.8. The van der Waals surface area contributed by atoms with Crippen molar-refractivity contribution in [3.63, 3.8) is 0 Å². The van der Waals surface area contributed by atoms with E-state index in [0.717, 1.165) is 5.56 Å². The van der Waals surface area contributed by atoms with Gasteiger partial charge in [0, 0.05) is 69.4 Å². The highest BCUT2D eigenvalue weighted by molar-refractivity contribution is 5.93. The van der Waals surface area contributed by atoms with E-state index in [-0.39, 0.29) is 49.5 Å². The minimum Gasteiger partial charge on any atom is -0.477 e. The zero-order valence-electron chi connectivity index (χ0n) is 47.3. The zero-order valence-corrected chi connectivity index (χ0v) is 47.3. The molecule has 0 saturated carbocycles. The number of pyridine rings is 1. The number of hydrogen-bond acceptors (Lipinski definition) is 17. The first-order chi connectivity index (χ1) is 35.1. The molecule has 75 heavy (non-hydrogen) atoms. The number of esters is 1. The van der Waals surface area contributed by atoms with Crippen LogP contribution in [-0.2, 0) is 49.2 Å². The van der Waals surface area contributed by atoms with E-state index < -0.39 is 107 Å². The molecule has 19 heteroatoms. The number of aromatic nitrogens is 1. The molecule has 1 aromatic carbocycles. The van der Waals surface area contributed by atoms with Gasteiger partial charge in [-0.15, -0.1) is 0 Å². The molecule has 3 aliphatic heterocycles. The molecule has 0 amide bonds. The number of carbonyl (C=O) groups excluding carboxylic acids is 1. The average Bonchev–Trinajstić information content (AvgIpc) is 3.34. The summed E-state index contributed by atoms with van der Waals surface area (Å²) in [6, 6.07) is 4.49. The Kier molecular flexibility index (Phi) is 22.1. The van der Waals surface area contributed by atoms with Crippen LogP contribution in [-0.4, -0.2) is 197 Å². The Morgan fingerprint density at radius 1 is 0.960 bits per heavy atom. The van der Waals surface area contributed by atoms with Crippen LogP contribution in [0.4, 0.5) is 0 Å². The maximum absolute atomic E-state index is 14.6. The number of carbonyl (C=O) groups is 2. The van der Waals surface area contributed by atoms with Gasteiger partial charge in [0.05, 0.1) is 53.7 Å². The van der Waals surface area contributed by atoms with Gasteiger partial charge >= 0.3 is 11.9 Å². The second-order valence-electron chi connectivity index (χ2n) is 22.6. The maximum atomic E-state index is 14.6. The second-order valence-corrected chi connectivity index (χ2v) is 22.6. The Bertz CT molecular complexity index is 2270. The molecule has 3 aliphatic rings. The summed E-state index contributed by atoms with van der Waals surface area (Å²) in [5, 5.41) is 58.0. The van der Waals surface area contributed by atoms with Gasteiger partial charge in [-0.25, -0.2) is 4.79 Å². The van der Waals surface area contributed by atoms with Crippen LogP contribution in [0.1, 0.15) is 124 Å². The minimum atomic E-state index is -1.84. The van der Waals surface area contributed by atoms with E-state index in [0.29, 0.717) is 50.0 Å². The number of nitrogens with zero attached hydrogens (tertiary/aromatic N) is 3. The van der Waals surface area contributed by atoms with Gasteiger partial charge in [0.2, 0.25) is 5.43 Å². The Hall–Kier alpha value is -3.41. The molecule has 3 saturated heterocycles. The molecule has 19 nitrogen and oxygen atoms in total. The van der Waals surface area contributed by atoms with Gasteiger partial charge < -0.3 is 77.8 Å². The summed E-state index contributed by atoms with van der Waals surface area (Å²) >= 11 is 0. The lowest BCUT2D eigenvalue weighted by molar-refractivity contribution is -0.320. The molecule has 1 aromatic heterocycles. The smallest absolute Gasteiger partial charge is 0.341 e. The molecular formula is C56H91N3O16. The lowest BCUT2D eigenvalue weighted by atomic mass is 9.77. The lowest BCUT2D eigenvalue weighted by Crippen LogP contribution is -2.61. The highest BCUT2D eigenvalue weighted by Gasteiger charge is 2.53. The summed E-state index contributed by atoms with van der Waals surface area (Å²) in [4.78, 5) is 43.1. The van der Waals surface area contributed by atoms with Crippen molar-refractivity contribution in [2.75, 3.05) is 54.6 Å². The van der Waals surface area contributed by atoms with Crippen molar-refractivity contribution in [2.24, 2.45) is 17.8 Å². The number of fused-ring (bicyclic) bond motifs is 1. The summed E-state index contributed by atoms with van der Waals surface area (Å²) in [6.45, 7) is 21.7. The van der Waals surface area contributed by atoms with E-state index in [1.807, 2.05) is 96.8 Å². The third-order valence-corrected chi connectivity index (χ3v) is 16.1. The summed E-state index contributed by atoms with van der Waals surface area (Å²) in [5.74, 6) is -3.98. The largest absolute Gasteiger partial charge is 0.477 e. The van der Waals surface area contributed by atoms with Crippen LogP contribution >= 0.6 is 0 Å². The number of aliphatic hydroxyl groups is 4. The molecule has 18 atom stereocenters. The number of carboxylic acids is 1. The maximum Gasteiger partial charge on any atom is 0.341 e. The van der Waals surface area contributed by atoms with E-state index in [1.165, 1.54) is 13.1 Å². The summed E-state index contributed by atoms with van der Waals surface area (Å²) in [6.07, 6.45) is -2.43. The monoisotopic (exact) mass is 1060 g/mol. The summed E-state index contributed by atoms with van der Waals surface area (Å²) in [7, 11) is 7.20. The van der Waals surface area contributed by atoms with Crippen LogP contribution in [0, 0.1) is 17.8 Å². The molecule has 0 radical (unpaired) electrons. The topological polar surface area (TPSA) is 238 Å². The van der Waals surface area contributed by atoms with Crippen LogP contribution in [0.25, 0.3) is 17.0 Å². The molecular weight excluding hydrogens is 971 g/mol. The average molecular weight is 1060 g/mol. The number of aliphatic hydroxyl groups excluding tert-OH is 2. The van der Waals surface area contributed by atoms with Gasteiger partial charge in [-0.05, 0) is 126 Å². The first-order valence-electron chi connectivity index (χ1n) is 26.9. The SMILES string of the molecule is CC[C@H]1OC(=O)[C@H](C)[C@@H](O[C@H]2C[C@@](C)(OC)[C@@H](OCCCOCC=Cc3ccc4c(c3)c(=O)c(C(=O)O)cn4CC)[C@H](C)O2)[C@H](C)[C@@H](O[C@@H]2O[C@H](C)C[C@H](N(C)C)[C@H]2O)[C@](C)(O)C[C@@H](C)CN(C)[C@H](C)[C@@H](O)[C@]1(C)O. The third-order valence-electron chi connectivity index (χ3n) is 16.1. The van der Waals surface area contributed by atoms with Crippen molar-refractivity contribution in [3.05, 3.63) is 51.8 Å². The van der Waals surface area contributed by atoms with Crippen molar-refractivity contribution >= 4 is 28.9 Å². The van der Waals surface area contributed by atoms with Crippen molar-refractivity contribution in [1.82, 2.24) is 14.4 Å². The predicted molar refractivity (Wildman–Crippen MR) is 283 cm³/mol. The fourth-order valence-corrected chi connectivity index (χ4v) is 11.7. The summed E-state index contributed by atoms with van der Waals surface area (Å²) < 4.78 is 53.1. The van der Waals surface area contributed by atoms with Crippen molar-refractivity contribution in [3.8, 4) is 0 Å². The number of carboxylic acid groups (broad SMARTS) is 1. The fourth-order valence-electron chi connectivity index (χ4n) is 11.7. The van der Waals surface area contributed by atoms with Crippen LogP contribution in [0.2, 0.25) is 0 Å². The molecule has 5 rings (SSSR count). The van der Waals surface area contributed by atoms with E-state index in [2.05, 4.69) is 0 Å². The van der Waals surface area contributed by atoms with Gasteiger partial charge in [-0.3, -0.25) is 9.59 Å². The Morgan fingerprint density at radius 2 is 1.65 bits per heavy atom. The molecule has 0 unspecified atom stereocenters. The van der Waals surface area contributed by atoms with E-state index in [1.54, 1.807) is 45.4 Å². The van der Waals surface area contributed by atoms with Gasteiger partial charge in [-0.1, -0.05) is 39.0 Å². The number of hydrogen-bond donors (Lipinski definition) is 5. The molecule has 2 aromatic rings. The molecule has 0 spiro atoms. The summed E-state index contributed by atoms with van der Waals surface area (Å²) in [5.41, 5.74) is -3.79. The van der Waals surface area contributed by atoms with Crippen molar-refractivity contribution in [1.29, 1.82) is 0 Å². The molecule has 3 fully saturated rings. The second kappa shape index (κ2) is 26.5. The Morgan fingerprint density at radius 3 is 2.28 bits per heavy atom. The molecule has 5 N–H and O–H groups in total. The minimum absolute atomic E-state index is 0.177. The van der Waals surface area contributed by atoms with Crippen LogP contribution in [0.15, 0.2) is 35.3 Å². The standard InChI is InChI=1S/C56H91N3O16/c1-16-43-56(11,67)48(62)36(7)58(14)30-32(3)28-54(9,66)49(75-53-46(61)42(57(12)13)26-33(4)71-53)34(5)47(35(6)52(65)73-43)74-44-29-55(10,68-15)50(37(8)72-44)70-25-19-24-69-23-18-20-38-21-22-41-39(27-38)45(60)40(51(63)64)31-59(41)17-2/h18,20-22,27,31-37,42-44,46-50,53,61-62,66-67H,16-17,19,23-26,28-30H2,1-15H3,(H,63,64)/t32-,33-,34+,35-,36-,37+,42+,43-,44+,46-,47+,48-,49-,50+,53+,54-,55-,56-/m1/s1. The van der Waals surface area contributed by atoms with Gasteiger partial charge in [0.15, 0.2) is 12.6 Å². The number of methoxy groups -OCH3 is 1. The van der Waals surface area contributed by atoms with Gasteiger partial charge in [-0.2, -0.15) is 0 Å². The van der Waals surface area contributed by atoms with Crippen molar-refractivity contribution in [2.45, 2.75) is 205 Å². The number of benzene rings is 1. The molecule has 0 bridgehead atoms. The number of ether oxygens (including phenoxy) is 8. The number of likely N-dealkylation sites (N-methyl/N-ethyl adjacent to an activating group) is 2. The number of rotatable bonds is 17. The number of aryl methyl sites for hydroxylation is 1. The number of aromatic carboxylic acids is 1. The van der Waals surface area contributed by atoms with Crippen LogP contribution in [0.5, 0.6) is 0 Å². The van der Waals surface area contributed by atoms with Crippen LogP contribution < -0.4 is 5.43 Å². The van der Waals surface area contributed by atoms with E-state index in [4.69, 9.17) is 37.9 Å². The zero-order chi connectivity index (χ0) is 55.9. The molecule has 0 aliphatic carbocycles. The number of cyclic esters (lactones) is 1. The van der Waals surface area contributed by atoms with E-state index >= 15 is 0 Å². The Labute approximate surface area is 444 Å². The molecule has 426 valence electrons. The van der Waals surface area contributed by atoms with Gasteiger partial charge in [0.25, 0.3) is 0 Å². The van der Waals surface area contributed by atoms with Crippen molar-refractivity contribution < 1.29 is 73.0 Å². The van der Waals surface area contributed by atoms with E-state index in [9.17, 15) is 39.9 Å². The fraction of sp³-hybridized carbons (Fsp3) is 0.768. The Balaban J connectivity index is 1.34. The highest BCUT2D eigenvalue weighted by atomic mass is 16.7. The molecule has 4 heterocycles. The quantitative estimate of drug-likeness (QED) is 0.103. The predicted octanol–water partition coefficient (Wildman–Crippen LogP) is 5.08. The van der Waals surface area contributed by atoms with Crippen LogP contribution in [0.3, 0.4) is 0 Å². The highest BCUT2D eigenvalue weighted by Crippen LogP contribution is 2.41. The van der Waals surface area contributed by atoms with Gasteiger partial charge in [0.1, 0.15) is 35.6 Å². The normalized spacial score (nSPS) is 38.1. The lowest BCUT2D eigenvalue weighted by Gasteiger charge is -2.49. The first kappa shape index (κ1) is 62.4.